The van der Waals surface area contributed by atoms with Crippen molar-refractivity contribution in [2.24, 2.45) is 11.8 Å². The van der Waals surface area contributed by atoms with E-state index in [2.05, 4.69) is 38.0 Å². The summed E-state index contributed by atoms with van der Waals surface area (Å²) < 4.78 is 0. The molecule has 2 nitrogen and oxygen atoms in total. The first-order valence-corrected chi connectivity index (χ1v) is 7.50. The van der Waals surface area contributed by atoms with Gasteiger partial charge in [0.05, 0.1) is 0 Å². The van der Waals surface area contributed by atoms with Gasteiger partial charge in [0.1, 0.15) is 0 Å². The van der Waals surface area contributed by atoms with Crippen LogP contribution in [0.3, 0.4) is 0 Å². The van der Waals surface area contributed by atoms with Gasteiger partial charge in [-0.25, -0.2) is 0 Å². The Morgan fingerprint density at radius 1 is 1.18 bits per heavy atom. The Kier molecular flexibility index (Phi) is 7.14. The van der Waals surface area contributed by atoms with Gasteiger partial charge in [0.25, 0.3) is 0 Å². The van der Waals surface area contributed by atoms with E-state index in [1.807, 2.05) is 0 Å². The van der Waals surface area contributed by atoms with Crippen molar-refractivity contribution < 1.29 is 0 Å². The van der Waals surface area contributed by atoms with Crippen LogP contribution in [0.4, 0.5) is 0 Å². The second kappa shape index (κ2) is 8.10. The molecule has 0 radical (unpaired) electrons. The van der Waals surface area contributed by atoms with Gasteiger partial charge >= 0.3 is 0 Å². The van der Waals surface area contributed by atoms with Crippen LogP contribution in [-0.4, -0.2) is 37.6 Å². The molecule has 0 bridgehead atoms. The van der Waals surface area contributed by atoms with E-state index in [0.717, 1.165) is 18.4 Å². The fourth-order valence-corrected chi connectivity index (χ4v) is 2.39. The Balaban J connectivity index is 1.94. The summed E-state index contributed by atoms with van der Waals surface area (Å²) in [6.07, 6.45) is 7.03. The molecule has 0 spiro atoms. The highest BCUT2D eigenvalue weighted by Crippen LogP contribution is 2.26. The molecule has 2 heteroatoms. The molecule has 1 rings (SSSR count). The van der Waals surface area contributed by atoms with Crippen molar-refractivity contribution in [2.75, 3.05) is 26.7 Å². The summed E-state index contributed by atoms with van der Waals surface area (Å²) in [7, 11) is 2.26. The lowest BCUT2D eigenvalue weighted by Gasteiger charge is -2.30. The first-order valence-electron chi connectivity index (χ1n) is 7.50. The maximum Gasteiger partial charge on any atom is 0.0104 e. The van der Waals surface area contributed by atoms with E-state index in [-0.39, 0.29) is 0 Å². The van der Waals surface area contributed by atoms with E-state index in [1.165, 1.54) is 45.2 Å². The van der Waals surface area contributed by atoms with Crippen LogP contribution in [0.1, 0.15) is 52.9 Å². The molecule has 17 heavy (non-hydrogen) atoms. The van der Waals surface area contributed by atoms with E-state index in [4.69, 9.17) is 0 Å². The summed E-state index contributed by atoms with van der Waals surface area (Å²) in [5.41, 5.74) is 0. The minimum Gasteiger partial charge on any atom is -0.313 e. The molecule has 0 heterocycles. The van der Waals surface area contributed by atoms with Crippen LogP contribution in [0, 0.1) is 11.8 Å². The van der Waals surface area contributed by atoms with Gasteiger partial charge in [-0.15, -0.1) is 0 Å². The van der Waals surface area contributed by atoms with E-state index in [0.29, 0.717) is 6.04 Å². The van der Waals surface area contributed by atoms with Gasteiger partial charge in [-0.05, 0) is 51.5 Å². The van der Waals surface area contributed by atoms with Crippen molar-refractivity contribution in [3.05, 3.63) is 0 Å². The number of hydrogen-bond acceptors (Lipinski definition) is 2. The smallest absolute Gasteiger partial charge is 0.0104 e. The van der Waals surface area contributed by atoms with Gasteiger partial charge in [-0.1, -0.05) is 20.3 Å². The van der Waals surface area contributed by atoms with Gasteiger partial charge in [0.15, 0.2) is 0 Å². The summed E-state index contributed by atoms with van der Waals surface area (Å²) >= 11 is 0. The first-order chi connectivity index (χ1) is 8.08. The maximum atomic E-state index is 3.64. The lowest BCUT2D eigenvalue weighted by molar-refractivity contribution is 0.204. The van der Waals surface area contributed by atoms with Crippen molar-refractivity contribution in [2.45, 2.75) is 58.9 Å². The summed E-state index contributed by atoms with van der Waals surface area (Å²) in [6, 6.07) is 0.675. The molecule has 1 saturated carbocycles. The zero-order valence-electron chi connectivity index (χ0n) is 12.3. The molecule has 0 saturated heterocycles. The quantitative estimate of drug-likeness (QED) is 0.666. The highest BCUT2D eigenvalue weighted by molar-refractivity contribution is 4.73. The fourth-order valence-electron chi connectivity index (χ4n) is 2.39. The van der Waals surface area contributed by atoms with Crippen molar-refractivity contribution in [3.8, 4) is 0 Å². The molecule has 1 atom stereocenters. The van der Waals surface area contributed by atoms with Gasteiger partial charge in [-0.3, -0.25) is 0 Å². The summed E-state index contributed by atoms with van der Waals surface area (Å²) in [6.45, 7) is 10.6. The summed E-state index contributed by atoms with van der Waals surface area (Å²) in [4.78, 5) is 2.49. The third kappa shape index (κ3) is 7.05. The largest absolute Gasteiger partial charge is 0.313 e. The summed E-state index contributed by atoms with van der Waals surface area (Å²) in [5, 5.41) is 3.64. The van der Waals surface area contributed by atoms with Crippen LogP contribution in [-0.2, 0) is 0 Å². The molecular weight excluding hydrogens is 208 g/mol. The minimum absolute atomic E-state index is 0.675. The van der Waals surface area contributed by atoms with Crippen LogP contribution >= 0.6 is 0 Å². The number of nitrogens with zero attached hydrogens (tertiary/aromatic N) is 1. The van der Waals surface area contributed by atoms with E-state index >= 15 is 0 Å². The Bertz CT molecular complexity index is 187. The SMILES string of the molecule is CC(C)CCC(C)NCCN(C)CC1CCC1. The van der Waals surface area contributed by atoms with Crippen LogP contribution in [0.25, 0.3) is 0 Å². The zero-order chi connectivity index (χ0) is 12.7. The third-order valence-corrected chi connectivity index (χ3v) is 3.96. The Hall–Kier alpha value is -0.0800. The minimum atomic E-state index is 0.675. The van der Waals surface area contributed by atoms with Gasteiger partial charge in [0, 0.05) is 25.7 Å². The molecule has 1 fully saturated rings. The van der Waals surface area contributed by atoms with Crippen LogP contribution in [0.15, 0.2) is 0 Å². The molecule has 0 aromatic carbocycles. The normalized spacial score (nSPS) is 18.7. The number of likely N-dealkylation sites (N-methyl/N-ethyl adjacent to an activating group) is 1. The second-order valence-corrected chi connectivity index (χ2v) is 6.39. The predicted octanol–water partition coefficient (Wildman–Crippen LogP) is 3.13. The van der Waals surface area contributed by atoms with Crippen molar-refractivity contribution in [1.29, 1.82) is 0 Å². The van der Waals surface area contributed by atoms with E-state index < -0.39 is 0 Å². The summed E-state index contributed by atoms with van der Waals surface area (Å²) in [5.74, 6) is 1.83. The molecule has 1 N–H and O–H groups in total. The molecule has 1 aliphatic carbocycles. The molecular formula is C15H32N2. The molecule has 0 aromatic heterocycles. The predicted molar refractivity (Wildman–Crippen MR) is 76.4 cm³/mol. The molecule has 0 aromatic rings. The van der Waals surface area contributed by atoms with Crippen molar-refractivity contribution in [3.63, 3.8) is 0 Å². The first kappa shape index (κ1) is 15.0. The molecule has 0 aliphatic heterocycles. The monoisotopic (exact) mass is 240 g/mol. The second-order valence-electron chi connectivity index (χ2n) is 6.39. The fraction of sp³-hybridized carbons (Fsp3) is 1.00. The standard InChI is InChI=1S/C15H32N2/c1-13(2)8-9-14(3)16-10-11-17(4)12-15-6-5-7-15/h13-16H,5-12H2,1-4H3. The number of nitrogens with one attached hydrogen (secondary N) is 1. The Morgan fingerprint density at radius 3 is 2.41 bits per heavy atom. The molecule has 1 aliphatic rings. The van der Waals surface area contributed by atoms with Crippen LogP contribution < -0.4 is 5.32 Å². The Labute approximate surface area is 108 Å². The zero-order valence-corrected chi connectivity index (χ0v) is 12.3. The highest BCUT2D eigenvalue weighted by atomic mass is 15.1. The number of rotatable bonds is 9. The third-order valence-electron chi connectivity index (χ3n) is 3.96. The lowest BCUT2D eigenvalue weighted by atomic mass is 9.85. The molecule has 0 amide bonds. The van der Waals surface area contributed by atoms with Gasteiger partial charge in [-0.2, -0.15) is 0 Å². The highest BCUT2D eigenvalue weighted by Gasteiger charge is 2.18. The van der Waals surface area contributed by atoms with Gasteiger partial charge < -0.3 is 10.2 Å². The molecule has 102 valence electrons. The average molecular weight is 240 g/mol. The van der Waals surface area contributed by atoms with Crippen LogP contribution in [0.2, 0.25) is 0 Å². The topological polar surface area (TPSA) is 15.3 Å². The molecule has 1 unspecified atom stereocenters. The van der Waals surface area contributed by atoms with E-state index in [9.17, 15) is 0 Å². The van der Waals surface area contributed by atoms with Crippen molar-refractivity contribution >= 4 is 0 Å². The lowest BCUT2D eigenvalue weighted by Crippen LogP contribution is -2.37. The average Bonchev–Trinajstić information content (AvgIpc) is 2.20. The van der Waals surface area contributed by atoms with Crippen LogP contribution in [0.5, 0.6) is 0 Å². The van der Waals surface area contributed by atoms with Gasteiger partial charge in [0.2, 0.25) is 0 Å². The Morgan fingerprint density at radius 2 is 1.88 bits per heavy atom. The number of hydrogen-bond donors (Lipinski definition) is 1. The van der Waals surface area contributed by atoms with Crippen molar-refractivity contribution in [1.82, 2.24) is 10.2 Å². The maximum absolute atomic E-state index is 3.64. The van der Waals surface area contributed by atoms with E-state index in [1.54, 1.807) is 0 Å².